The van der Waals surface area contributed by atoms with Gasteiger partial charge in [0.05, 0.1) is 18.8 Å². The number of likely N-dealkylation sites (tertiary alicyclic amines) is 1. The number of esters is 1. The number of ether oxygens (including phenoxy) is 3. The van der Waals surface area contributed by atoms with Crippen molar-refractivity contribution in [2.45, 2.75) is 115 Å². The molecule has 0 radical (unpaired) electrons. The molecule has 10 nitrogen and oxygen atoms in total. The Morgan fingerprint density at radius 3 is 2.27 bits per heavy atom. The minimum atomic E-state index is -0.812. The first-order valence-corrected chi connectivity index (χ1v) is 16.1. The predicted molar refractivity (Wildman–Crippen MR) is 168 cm³/mol. The number of carbonyl (C=O) groups excluding carboxylic acids is 2. The van der Waals surface area contributed by atoms with E-state index in [4.69, 9.17) is 19.3 Å². The van der Waals surface area contributed by atoms with Gasteiger partial charge in [0.2, 0.25) is 5.91 Å². The van der Waals surface area contributed by atoms with Crippen molar-refractivity contribution in [3.05, 3.63) is 70.8 Å². The van der Waals surface area contributed by atoms with Gasteiger partial charge in [-0.1, -0.05) is 55.0 Å². The van der Waals surface area contributed by atoms with Crippen molar-refractivity contribution in [2.75, 3.05) is 13.1 Å². The van der Waals surface area contributed by atoms with E-state index in [-0.39, 0.29) is 43.2 Å². The summed E-state index contributed by atoms with van der Waals surface area (Å²) in [6, 6.07) is 15.3. The van der Waals surface area contributed by atoms with Crippen molar-refractivity contribution < 1.29 is 38.8 Å². The summed E-state index contributed by atoms with van der Waals surface area (Å²) < 4.78 is 18.7. The maximum Gasteiger partial charge on any atom is 0.323 e. The molecule has 2 saturated heterocycles. The third-order valence-electron chi connectivity index (χ3n) is 8.13. The van der Waals surface area contributed by atoms with Gasteiger partial charge in [-0.3, -0.25) is 19.3 Å². The van der Waals surface area contributed by atoms with Crippen LogP contribution in [0.5, 0.6) is 0 Å². The van der Waals surface area contributed by atoms with Crippen LogP contribution in [-0.4, -0.2) is 63.8 Å². The van der Waals surface area contributed by atoms with Gasteiger partial charge >= 0.3 is 11.9 Å². The Kier molecular flexibility index (Phi) is 12.5. The highest BCUT2D eigenvalue weighted by molar-refractivity contribution is 5.76. The second-order valence-corrected chi connectivity index (χ2v) is 13.0. The first kappa shape index (κ1) is 34.6. The van der Waals surface area contributed by atoms with Crippen LogP contribution in [-0.2, 0) is 41.7 Å². The number of carboxylic acids is 1. The summed E-state index contributed by atoms with van der Waals surface area (Å²) in [5.41, 5.74) is 3.08. The smallest absolute Gasteiger partial charge is 0.323 e. The van der Waals surface area contributed by atoms with E-state index >= 15 is 0 Å². The molecule has 0 spiro atoms. The van der Waals surface area contributed by atoms with Gasteiger partial charge in [0.25, 0.3) is 0 Å². The van der Waals surface area contributed by atoms with Crippen molar-refractivity contribution in [1.29, 1.82) is 0 Å². The SMILES string of the molecule is CC(C)(C)OC(=O)C1CCCN1CC1CC(c2ccc(CO)cc2)OC(c2ccc(CNC(=O)CCCCCC(=O)O)cc2)O1. The summed E-state index contributed by atoms with van der Waals surface area (Å²) in [4.78, 5) is 38.0. The number of benzene rings is 2. The van der Waals surface area contributed by atoms with E-state index in [1.54, 1.807) is 0 Å². The Morgan fingerprint density at radius 1 is 0.933 bits per heavy atom. The van der Waals surface area contributed by atoms with Crippen LogP contribution in [0.1, 0.15) is 107 Å². The average Bonchev–Trinajstić information content (AvgIpc) is 3.47. The topological polar surface area (TPSA) is 135 Å². The molecule has 4 atom stereocenters. The predicted octanol–water partition coefficient (Wildman–Crippen LogP) is 5.18. The number of hydrogen-bond acceptors (Lipinski definition) is 8. The summed E-state index contributed by atoms with van der Waals surface area (Å²) in [5, 5.41) is 21.2. The lowest BCUT2D eigenvalue weighted by atomic mass is 9.99. The second-order valence-electron chi connectivity index (χ2n) is 13.0. The first-order valence-electron chi connectivity index (χ1n) is 16.1. The van der Waals surface area contributed by atoms with Crippen molar-refractivity contribution >= 4 is 17.8 Å². The fourth-order valence-electron chi connectivity index (χ4n) is 5.80. The van der Waals surface area contributed by atoms with Gasteiger partial charge in [-0.15, -0.1) is 0 Å². The Bertz CT molecular complexity index is 1260. The molecular formula is C35H48N2O8. The molecule has 246 valence electrons. The van der Waals surface area contributed by atoms with E-state index < -0.39 is 17.9 Å². The molecule has 2 heterocycles. The molecule has 2 fully saturated rings. The summed E-state index contributed by atoms with van der Waals surface area (Å²) in [5.74, 6) is -1.06. The summed E-state index contributed by atoms with van der Waals surface area (Å²) in [6.45, 7) is 7.40. The molecule has 2 aliphatic rings. The molecule has 2 aliphatic heterocycles. The van der Waals surface area contributed by atoms with Gasteiger partial charge < -0.3 is 29.7 Å². The zero-order chi connectivity index (χ0) is 32.4. The summed E-state index contributed by atoms with van der Waals surface area (Å²) >= 11 is 0. The fraction of sp³-hybridized carbons (Fsp3) is 0.571. The Labute approximate surface area is 266 Å². The van der Waals surface area contributed by atoms with E-state index in [0.717, 1.165) is 41.6 Å². The number of nitrogens with zero attached hydrogens (tertiary/aromatic N) is 1. The number of aliphatic carboxylic acids is 1. The number of carbonyl (C=O) groups is 3. The van der Waals surface area contributed by atoms with Crippen LogP contribution in [0.4, 0.5) is 0 Å². The van der Waals surface area contributed by atoms with Crippen molar-refractivity contribution in [1.82, 2.24) is 10.2 Å². The van der Waals surface area contributed by atoms with Gasteiger partial charge in [-0.2, -0.15) is 0 Å². The minimum absolute atomic E-state index is 0.0270. The highest BCUT2D eigenvalue weighted by atomic mass is 16.7. The molecule has 0 bridgehead atoms. The van der Waals surface area contributed by atoms with Crippen molar-refractivity contribution in [3.8, 4) is 0 Å². The fourth-order valence-corrected chi connectivity index (χ4v) is 5.80. The maximum atomic E-state index is 13.0. The number of rotatable bonds is 14. The molecule has 4 rings (SSSR count). The second kappa shape index (κ2) is 16.3. The standard InChI is InChI=1S/C35H48N2O8/c1-35(2,3)45-33(42)29-8-7-19-37(29)22-28-20-30(26-15-13-25(23-38)14-16-26)44-34(43-28)27-17-11-24(12-18-27)21-36-31(39)9-5-4-6-10-32(40)41/h11-18,28-30,34,38H,4-10,19-23H2,1-3H3,(H,36,39)(H,40,41). The number of hydrogen-bond donors (Lipinski definition) is 3. The molecule has 0 aliphatic carbocycles. The minimum Gasteiger partial charge on any atom is -0.481 e. The van der Waals surface area contributed by atoms with Gasteiger partial charge in [0.1, 0.15) is 11.6 Å². The monoisotopic (exact) mass is 624 g/mol. The zero-order valence-electron chi connectivity index (χ0n) is 26.7. The number of aliphatic hydroxyl groups excluding tert-OH is 1. The van der Waals surface area contributed by atoms with Gasteiger partial charge in [0, 0.05) is 37.9 Å². The lowest BCUT2D eigenvalue weighted by Crippen LogP contribution is -2.45. The summed E-state index contributed by atoms with van der Waals surface area (Å²) in [6.07, 6.45) is 3.70. The number of unbranched alkanes of at least 4 members (excludes halogenated alkanes) is 2. The lowest BCUT2D eigenvalue weighted by molar-refractivity contribution is -0.253. The normalized spacial score (nSPS) is 22.2. The third-order valence-corrected chi connectivity index (χ3v) is 8.13. The highest BCUT2D eigenvalue weighted by Gasteiger charge is 2.38. The van der Waals surface area contributed by atoms with Crippen LogP contribution >= 0.6 is 0 Å². The van der Waals surface area contributed by atoms with Gasteiger partial charge in [-0.25, -0.2) is 0 Å². The quantitative estimate of drug-likeness (QED) is 0.192. The average molecular weight is 625 g/mol. The molecule has 2 aromatic carbocycles. The van der Waals surface area contributed by atoms with E-state index in [1.165, 1.54) is 0 Å². The van der Waals surface area contributed by atoms with Crippen LogP contribution in [0, 0.1) is 0 Å². The van der Waals surface area contributed by atoms with E-state index in [2.05, 4.69) is 10.2 Å². The van der Waals surface area contributed by atoms with E-state index in [1.807, 2.05) is 69.3 Å². The maximum absolute atomic E-state index is 13.0. The van der Waals surface area contributed by atoms with Crippen LogP contribution in [0.3, 0.4) is 0 Å². The van der Waals surface area contributed by atoms with E-state index in [0.29, 0.717) is 45.2 Å². The Balaban J connectivity index is 1.39. The first-order chi connectivity index (χ1) is 21.5. The molecule has 0 aromatic heterocycles. The van der Waals surface area contributed by atoms with Gasteiger partial charge in [0.15, 0.2) is 6.29 Å². The van der Waals surface area contributed by atoms with Crippen LogP contribution in [0.2, 0.25) is 0 Å². The van der Waals surface area contributed by atoms with Gasteiger partial charge in [-0.05, 0) is 69.7 Å². The molecule has 4 unspecified atom stereocenters. The third kappa shape index (κ3) is 10.9. The number of aliphatic hydroxyl groups is 1. The Hall–Kier alpha value is -3.31. The van der Waals surface area contributed by atoms with Crippen LogP contribution in [0.25, 0.3) is 0 Å². The highest BCUT2D eigenvalue weighted by Crippen LogP contribution is 2.39. The van der Waals surface area contributed by atoms with E-state index in [9.17, 15) is 19.5 Å². The van der Waals surface area contributed by atoms with Crippen molar-refractivity contribution in [2.24, 2.45) is 0 Å². The molecule has 1 amide bonds. The molecular weight excluding hydrogens is 576 g/mol. The zero-order valence-corrected chi connectivity index (χ0v) is 26.7. The number of amides is 1. The number of nitrogens with one attached hydrogen (secondary N) is 1. The molecule has 45 heavy (non-hydrogen) atoms. The Morgan fingerprint density at radius 2 is 1.60 bits per heavy atom. The van der Waals surface area contributed by atoms with Crippen LogP contribution < -0.4 is 5.32 Å². The molecule has 10 heteroatoms. The summed E-state index contributed by atoms with van der Waals surface area (Å²) in [7, 11) is 0. The largest absolute Gasteiger partial charge is 0.481 e. The lowest BCUT2D eigenvalue weighted by Gasteiger charge is -2.38. The molecule has 3 N–H and O–H groups in total. The molecule has 2 aromatic rings. The van der Waals surface area contributed by atoms with Crippen LogP contribution in [0.15, 0.2) is 48.5 Å². The molecule has 0 saturated carbocycles. The van der Waals surface area contributed by atoms with Crippen molar-refractivity contribution in [3.63, 3.8) is 0 Å². The number of carboxylic acid groups (broad SMARTS) is 1.